The minimum atomic E-state index is -0.00364. The van der Waals surface area contributed by atoms with Crippen molar-refractivity contribution in [2.24, 2.45) is 0 Å². The van der Waals surface area contributed by atoms with Gasteiger partial charge in [-0.05, 0) is 37.1 Å². The number of carbonyl (C=O) groups is 1. The molecule has 23 heavy (non-hydrogen) atoms. The molecule has 0 aliphatic carbocycles. The monoisotopic (exact) mass is 328 g/mol. The lowest BCUT2D eigenvalue weighted by atomic mass is 10.1. The lowest BCUT2D eigenvalue weighted by Crippen LogP contribution is -2.32. The van der Waals surface area contributed by atoms with E-state index in [4.69, 9.17) is 4.74 Å². The van der Waals surface area contributed by atoms with E-state index >= 15 is 0 Å². The summed E-state index contributed by atoms with van der Waals surface area (Å²) in [7, 11) is 1.66. The maximum Gasteiger partial charge on any atom is 0.236 e. The Balaban J connectivity index is 1.72. The van der Waals surface area contributed by atoms with Crippen LogP contribution in [0.25, 0.3) is 0 Å². The fourth-order valence-corrected chi connectivity index (χ4v) is 4.02. The Hall–Kier alpha value is -2.01. The van der Waals surface area contributed by atoms with Crippen LogP contribution in [0.15, 0.2) is 48.8 Å². The summed E-state index contributed by atoms with van der Waals surface area (Å²) in [5.74, 6) is 1.06. The molecule has 0 unspecified atom stereocenters. The predicted molar refractivity (Wildman–Crippen MR) is 92.4 cm³/mol. The van der Waals surface area contributed by atoms with Crippen LogP contribution in [0.2, 0.25) is 0 Å². The van der Waals surface area contributed by atoms with Crippen molar-refractivity contribution in [3.05, 3.63) is 59.9 Å². The van der Waals surface area contributed by atoms with Gasteiger partial charge in [-0.3, -0.25) is 9.78 Å². The number of thioether (sulfide) groups is 1. The first-order valence-electron chi connectivity index (χ1n) is 7.68. The summed E-state index contributed by atoms with van der Waals surface area (Å²) in [6.07, 6.45) is 4.44. The maximum absolute atomic E-state index is 12.5. The number of rotatable bonds is 5. The molecule has 1 saturated heterocycles. The third-order valence-corrected chi connectivity index (χ3v) is 5.41. The van der Waals surface area contributed by atoms with E-state index in [1.54, 1.807) is 25.1 Å². The molecule has 2 aromatic rings. The Bertz CT molecular complexity index is 660. The first-order chi connectivity index (χ1) is 11.2. The molecule has 5 heteroatoms. The highest BCUT2D eigenvalue weighted by atomic mass is 32.2. The lowest BCUT2D eigenvalue weighted by Gasteiger charge is -2.24. The third-order valence-electron chi connectivity index (χ3n) is 4.02. The van der Waals surface area contributed by atoms with Gasteiger partial charge in [0.25, 0.3) is 0 Å². The second kappa shape index (κ2) is 7.04. The van der Waals surface area contributed by atoms with Crippen molar-refractivity contribution in [2.75, 3.05) is 13.7 Å². The maximum atomic E-state index is 12.5. The lowest BCUT2D eigenvalue weighted by molar-refractivity contribution is -0.129. The number of benzene rings is 1. The zero-order valence-corrected chi connectivity index (χ0v) is 14.1. The standard InChI is InChI=1S/C18H20N2O2S/c1-13-17(21)20(18(23-13)15-4-3-10-19-12-15)11-9-14-5-7-16(22-2)8-6-14/h3-8,10,12-13,18H,9,11H2,1-2H3/t13-,18-/m0/s1. The van der Waals surface area contributed by atoms with Gasteiger partial charge in [-0.15, -0.1) is 11.8 Å². The van der Waals surface area contributed by atoms with Gasteiger partial charge < -0.3 is 9.64 Å². The fraction of sp³-hybridized carbons (Fsp3) is 0.333. The summed E-state index contributed by atoms with van der Waals surface area (Å²) in [5.41, 5.74) is 2.29. The number of aromatic nitrogens is 1. The highest BCUT2D eigenvalue weighted by Gasteiger charge is 2.38. The Morgan fingerprint density at radius 2 is 2.04 bits per heavy atom. The Kier molecular flexibility index (Phi) is 4.86. The van der Waals surface area contributed by atoms with Crippen LogP contribution in [-0.2, 0) is 11.2 Å². The molecular formula is C18H20N2O2S. The summed E-state index contributed by atoms with van der Waals surface area (Å²) in [6.45, 7) is 2.69. The van der Waals surface area contributed by atoms with Gasteiger partial charge >= 0.3 is 0 Å². The van der Waals surface area contributed by atoms with Crippen LogP contribution < -0.4 is 4.74 Å². The summed E-state index contributed by atoms with van der Waals surface area (Å²) in [6, 6.07) is 12.0. The van der Waals surface area contributed by atoms with E-state index in [2.05, 4.69) is 17.1 Å². The normalized spacial score (nSPS) is 20.8. The minimum Gasteiger partial charge on any atom is -0.497 e. The molecule has 0 radical (unpaired) electrons. The molecule has 1 aliphatic rings. The van der Waals surface area contributed by atoms with Crippen molar-refractivity contribution >= 4 is 17.7 Å². The SMILES string of the molecule is COc1ccc(CCN2C(=O)[C@H](C)S[C@H]2c2cccnc2)cc1. The Morgan fingerprint density at radius 1 is 1.26 bits per heavy atom. The van der Waals surface area contributed by atoms with Gasteiger partial charge in [-0.2, -0.15) is 0 Å². The summed E-state index contributed by atoms with van der Waals surface area (Å²) in [5, 5.41) is 0.0560. The first kappa shape index (κ1) is 15.9. The van der Waals surface area contributed by atoms with E-state index in [0.717, 1.165) is 17.7 Å². The van der Waals surface area contributed by atoms with Crippen molar-refractivity contribution in [3.63, 3.8) is 0 Å². The van der Waals surface area contributed by atoms with E-state index < -0.39 is 0 Å². The Morgan fingerprint density at radius 3 is 2.70 bits per heavy atom. The van der Waals surface area contributed by atoms with E-state index in [1.165, 1.54) is 5.56 Å². The molecule has 0 N–H and O–H groups in total. The van der Waals surface area contributed by atoms with E-state index in [-0.39, 0.29) is 16.5 Å². The molecule has 3 rings (SSSR count). The van der Waals surface area contributed by atoms with E-state index in [9.17, 15) is 4.79 Å². The zero-order valence-electron chi connectivity index (χ0n) is 13.3. The molecule has 2 atom stereocenters. The van der Waals surface area contributed by atoms with Gasteiger partial charge in [0.15, 0.2) is 0 Å². The number of hydrogen-bond donors (Lipinski definition) is 0. The van der Waals surface area contributed by atoms with Crippen LogP contribution >= 0.6 is 11.8 Å². The predicted octanol–water partition coefficient (Wildman–Crippen LogP) is 3.30. The van der Waals surface area contributed by atoms with Gasteiger partial charge in [-0.1, -0.05) is 18.2 Å². The zero-order chi connectivity index (χ0) is 16.2. The van der Waals surface area contributed by atoms with Crippen molar-refractivity contribution in [1.82, 2.24) is 9.88 Å². The number of amides is 1. The third kappa shape index (κ3) is 3.50. The number of carbonyl (C=O) groups excluding carboxylic acids is 1. The number of pyridine rings is 1. The van der Waals surface area contributed by atoms with E-state index in [1.807, 2.05) is 42.3 Å². The highest BCUT2D eigenvalue weighted by molar-refractivity contribution is 8.01. The van der Waals surface area contributed by atoms with Crippen LogP contribution in [0, 0.1) is 0 Å². The van der Waals surface area contributed by atoms with Crippen LogP contribution in [0.1, 0.15) is 23.4 Å². The quantitative estimate of drug-likeness (QED) is 0.844. The van der Waals surface area contributed by atoms with Crippen LogP contribution in [0.3, 0.4) is 0 Å². The highest BCUT2D eigenvalue weighted by Crippen LogP contribution is 2.42. The molecule has 1 aromatic carbocycles. The summed E-state index contributed by atoms with van der Waals surface area (Å²) >= 11 is 1.69. The van der Waals surface area contributed by atoms with Gasteiger partial charge in [-0.25, -0.2) is 0 Å². The molecule has 1 aromatic heterocycles. The average molecular weight is 328 g/mol. The smallest absolute Gasteiger partial charge is 0.236 e. The molecule has 1 amide bonds. The topological polar surface area (TPSA) is 42.4 Å². The average Bonchev–Trinajstić information content (AvgIpc) is 2.89. The van der Waals surface area contributed by atoms with Crippen molar-refractivity contribution in [1.29, 1.82) is 0 Å². The molecule has 4 nitrogen and oxygen atoms in total. The Labute approximate surface area is 140 Å². The van der Waals surface area contributed by atoms with E-state index in [0.29, 0.717) is 6.54 Å². The van der Waals surface area contributed by atoms with Crippen molar-refractivity contribution in [2.45, 2.75) is 24.0 Å². The molecule has 0 saturated carbocycles. The summed E-state index contributed by atoms with van der Waals surface area (Å²) in [4.78, 5) is 18.6. The molecule has 0 spiro atoms. The number of ether oxygens (including phenoxy) is 1. The van der Waals surface area contributed by atoms with Gasteiger partial charge in [0.2, 0.25) is 5.91 Å². The van der Waals surface area contributed by atoms with Crippen LogP contribution in [0.4, 0.5) is 0 Å². The molecule has 1 fully saturated rings. The number of hydrogen-bond acceptors (Lipinski definition) is 4. The molecule has 2 heterocycles. The van der Waals surface area contributed by atoms with Gasteiger partial charge in [0.05, 0.1) is 12.4 Å². The largest absolute Gasteiger partial charge is 0.497 e. The second-order valence-corrected chi connectivity index (χ2v) is 6.97. The summed E-state index contributed by atoms with van der Waals surface area (Å²) < 4.78 is 5.18. The number of methoxy groups -OCH3 is 1. The molecule has 120 valence electrons. The van der Waals surface area contributed by atoms with Gasteiger partial charge in [0.1, 0.15) is 11.1 Å². The van der Waals surface area contributed by atoms with Crippen molar-refractivity contribution in [3.8, 4) is 5.75 Å². The van der Waals surface area contributed by atoms with Crippen LogP contribution in [-0.4, -0.2) is 34.7 Å². The van der Waals surface area contributed by atoms with Crippen LogP contribution in [0.5, 0.6) is 5.75 Å². The first-order valence-corrected chi connectivity index (χ1v) is 8.62. The number of nitrogens with zero attached hydrogens (tertiary/aromatic N) is 2. The second-order valence-electron chi connectivity index (χ2n) is 5.55. The minimum absolute atomic E-state index is 0.00364. The molecular weight excluding hydrogens is 308 g/mol. The van der Waals surface area contributed by atoms with Gasteiger partial charge in [0, 0.05) is 24.5 Å². The molecule has 0 bridgehead atoms. The fourth-order valence-electron chi connectivity index (χ4n) is 2.72. The molecule has 1 aliphatic heterocycles. The van der Waals surface area contributed by atoms with Crippen molar-refractivity contribution < 1.29 is 9.53 Å².